The van der Waals surface area contributed by atoms with E-state index in [1.54, 1.807) is 20.8 Å². The molecule has 0 aliphatic heterocycles. The van der Waals surface area contributed by atoms with Crippen LogP contribution < -0.4 is 0 Å². The Kier molecular flexibility index (Phi) is 4.39. The van der Waals surface area contributed by atoms with Crippen molar-refractivity contribution in [2.75, 3.05) is 0 Å². The molecule has 0 unspecified atom stereocenters. The highest BCUT2D eigenvalue weighted by Crippen LogP contribution is 2.23. The molecule has 0 saturated carbocycles. The number of nitro groups is 1. The van der Waals surface area contributed by atoms with Crippen molar-refractivity contribution in [3.8, 4) is 0 Å². The Bertz CT molecular complexity index is 596. The fourth-order valence-corrected chi connectivity index (χ4v) is 1.52. The summed E-state index contributed by atoms with van der Waals surface area (Å²) in [6, 6.07) is 5.46. The van der Waals surface area contributed by atoms with Gasteiger partial charge in [-0.25, -0.2) is 4.79 Å². The summed E-state index contributed by atoms with van der Waals surface area (Å²) in [5, 5.41) is 19.8. The van der Waals surface area contributed by atoms with Crippen molar-refractivity contribution in [1.29, 1.82) is 0 Å². The highest BCUT2D eigenvalue weighted by Gasteiger charge is 2.29. The number of carbonyl (C=O) groups excluding carboxylic acids is 1. The smallest absolute Gasteiger partial charge is 0.339 e. The summed E-state index contributed by atoms with van der Waals surface area (Å²) in [6.07, 6.45) is 1.16. The summed E-state index contributed by atoms with van der Waals surface area (Å²) in [4.78, 5) is 33.3. The fourth-order valence-electron chi connectivity index (χ4n) is 1.52. The van der Waals surface area contributed by atoms with Crippen molar-refractivity contribution < 1.29 is 19.6 Å². The first kappa shape index (κ1) is 15.6. The number of carbonyl (C=O) groups is 2. The van der Waals surface area contributed by atoms with E-state index in [2.05, 4.69) is 0 Å². The lowest BCUT2D eigenvalue weighted by molar-refractivity contribution is -0.384. The van der Waals surface area contributed by atoms with Gasteiger partial charge in [0, 0.05) is 17.5 Å². The van der Waals surface area contributed by atoms with Crippen LogP contribution in [0.3, 0.4) is 0 Å². The second kappa shape index (κ2) is 5.64. The number of benzene rings is 1. The number of carboxylic acids is 1. The van der Waals surface area contributed by atoms with E-state index in [-0.39, 0.29) is 5.69 Å². The van der Waals surface area contributed by atoms with Gasteiger partial charge in [0.15, 0.2) is 5.78 Å². The van der Waals surface area contributed by atoms with Crippen molar-refractivity contribution >= 4 is 23.5 Å². The van der Waals surface area contributed by atoms with E-state index < -0.39 is 27.7 Å². The fraction of sp³-hybridized carbons (Fsp3) is 0.286. The Morgan fingerprint density at radius 3 is 2.35 bits per heavy atom. The molecule has 0 radical (unpaired) electrons. The number of rotatable bonds is 4. The first-order valence-electron chi connectivity index (χ1n) is 5.87. The molecule has 1 rings (SSSR count). The van der Waals surface area contributed by atoms with Gasteiger partial charge in [0.1, 0.15) is 5.57 Å². The minimum Gasteiger partial charge on any atom is -0.478 e. The number of carboxylic acid groups (broad SMARTS) is 1. The van der Waals surface area contributed by atoms with Crippen LogP contribution in [0.15, 0.2) is 29.8 Å². The molecule has 6 heteroatoms. The molecular weight excluding hydrogens is 262 g/mol. The number of hydrogen-bond acceptors (Lipinski definition) is 4. The zero-order valence-electron chi connectivity index (χ0n) is 11.4. The lowest BCUT2D eigenvalue weighted by atomic mass is 9.85. The molecule has 0 fully saturated rings. The number of aliphatic carboxylic acids is 1. The van der Waals surface area contributed by atoms with Crippen LogP contribution >= 0.6 is 0 Å². The van der Waals surface area contributed by atoms with Crippen LogP contribution in [0.4, 0.5) is 5.69 Å². The number of hydrogen-bond donors (Lipinski definition) is 1. The van der Waals surface area contributed by atoms with Gasteiger partial charge in [0.25, 0.3) is 5.69 Å². The Labute approximate surface area is 115 Å². The molecule has 0 atom stereocenters. The minimum atomic E-state index is -1.35. The van der Waals surface area contributed by atoms with Crippen LogP contribution in [-0.2, 0) is 9.59 Å². The molecule has 0 spiro atoms. The number of ketones is 1. The molecule has 106 valence electrons. The molecule has 6 nitrogen and oxygen atoms in total. The molecule has 0 amide bonds. The molecule has 20 heavy (non-hydrogen) atoms. The topological polar surface area (TPSA) is 97.5 Å². The quantitative estimate of drug-likeness (QED) is 0.300. The lowest BCUT2D eigenvalue weighted by Gasteiger charge is -2.16. The van der Waals surface area contributed by atoms with E-state index in [1.807, 2.05) is 0 Å². The van der Waals surface area contributed by atoms with Gasteiger partial charge in [-0.3, -0.25) is 14.9 Å². The van der Waals surface area contributed by atoms with Crippen LogP contribution in [0.25, 0.3) is 6.08 Å². The van der Waals surface area contributed by atoms with Crippen molar-refractivity contribution in [2.45, 2.75) is 20.8 Å². The van der Waals surface area contributed by atoms with Crippen molar-refractivity contribution in [1.82, 2.24) is 0 Å². The Balaban J connectivity index is 3.29. The third-order valence-corrected chi connectivity index (χ3v) is 2.55. The summed E-state index contributed by atoms with van der Waals surface area (Å²) in [5.41, 5.74) is -1.09. The van der Waals surface area contributed by atoms with Crippen LogP contribution in [0.2, 0.25) is 0 Å². The standard InChI is InChI=1S/C14H15NO5/c1-14(2,3)12(16)11(13(17)18)8-9-5-4-6-10(7-9)15(19)20/h4-8H,1-3H3,(H,17,18). The molecule has 0 aliphatic carbocycles. The summed E-state index contributed by atoms with van der Waals surface area (Å²) in [6.45, 7) is 4.83. The van der Waals surface area contributed by atoms with Gasteiger partial charge < -0.3 is 5.11 Å². The Morgan fingerprint density at radius 2 is 1.90 bits per heavy atom. The highest BCUT2D eigenvalue weighted by atomic mass is 16.6. The first-order chi connectivity index (χ1) is 9.12. The summed E-state index contributed by atoms with van der Waals surface area (Å²) >= 11 is 0. The third-order valence-electron chi connectivity index (χ3n) is 2.55. The van der Waals surface area contributed by atoms with Gasteiger partial charge in [-0.1, -0.05) is 32.9 Å². The molecular formula is C14H15NO5. The Hall–Kier alpha value is -2.50. The van der Waals surface area contributed by atoms with E-state index >= 15 is 0 Å². The van der Waals surface area contributed by atoms with Crippen LogP contribution in [-0.4, -0.2) is 21.8 Å². The maximum Gasteiger partial charge on any atom is 0.339 e. The maximum absolute atomic E-state index is 12.0. The lowest BCUT2D eigenvalue weighted by Crippen LogP contribution is -2.25. The van der Waals surface area contributed by atoms with Crippen LogP contribution in [0.5, 0.6) is 0 Å². The van der Waals surface area contributed by atoms with Gasteiger partial charge in [-0.05, 0) is 11.6 Å². The predicted molar refractivity (Wildman–Crippen MR) is 73.2 cm³/mol. The zero-order chi connectivity index (χ0) is 15.5. The highest BCUT2D eigenvalue weighted by molar-refractivity contribution is 6.21. The largest absolute Gasteiger partial charge is 0.478 e. The van der Waals surface area contributed by atoms with E-state index in [1.165, 1.54) is 24.3 Å². The Morgan fingerprint density at radius 1 is 1.30 bits per heavy atom. The van der Waals surface area contributed by atoms with Crippen molar-refractivity contribution in [3.63, 3.8) is 0 Å². The van der Waals surface area contributed by atoms with Crippen LogP contribution in [0.1, 0.15) is 26.3 Å². The van der Waals surface area contributed by atoms with Gasteiger partial charge in [0.2, 0.25) is 0 Å². The van der Waals surface area contributed by atoms with Gasteiger partial charge in [0.05, 0.1) is 4.92 Å². The van der Waals surface area contributed by atoms with E-state index in [4.69, 9.17) is 5.11 Å². The van der Waals surface area contributed by atoms with Crippen molar-refractivity contribution in [2.24, 2.45) is 5.41 Å². The minimum absolute atomic E-state index is 0.160. The van der Waals surface area contributed by atoms with Crippen molar-refractivity contribution in [3.05, 3.63) is 45.5 Å². The summed E-state index contributed by atoms with van der Waals surface area (Å²) in [7, 11) is 0. The molecule has 0 heterocycles. The number of nitro benzene ring substituents is 1. The molecule has 1 aromatic carbocycles. The van der Waals surface area contributed by atoms with E-state index in [0.29, 0.717) is 5.56 Å². The maximum atomic E-state index is 12.0. The normalized spacial score (nSPS) is 12.1. The van der Waals surface area contributed by atoms with Gasteiger partial charge >= 0.3 is 5.97 Å². The second-order valence-electron chi connectivity index (χ2n) is 5.29. The predicted octanol–water partition coefficient (Wildman–Crippen LogP) is 2.68. The summed E-state index contributed by atoms with van der Waals surface area (Å²) in [5.74, 6) is -1.88. The van der Waals surface area contributed by atoms with E-state index in [9.17, 15) is 19.7 Å². The zero-order valence-corrected chi connectivity index (χ0v) is 11.4. The van der Waals surface area contributed by atoms with Crippen LogP contribution in [0, 0.1) is 15.5 Å². The molecule has 1 aromatic rings. The summed E-state index contributed by atoms with van der Waals surface area (Å²) < 4.78 is 0. The molecule has 0 aromatic heterocycles. The average Bonchev–Trinajstić information content (AvgIpc) is 2.34. The van der Waals surface area contributed by atoms with E-state index in [0.717, 1.165) is 6.08 Å². The second-order valence-corrected chi connectivity index (χ2v) is 5.29. The van der Waals surface area contributed by atoms with Gasteiger partial charge in [-0.15, -0.1) is 0 Å². The number of Topliss-reactive ketones (excluding diaryl/α,β-unsaturated/α-hetero) is 1. The molecule has 1 N–H and O–H groups in total. The molecule has 0 aliphatic rings. The van der Waals surface area contributed by atoms with Gasteiger partial charge in [-0.2, -0.15) is 0 Å². The number of non-ortho nitro benzene ring substituents is 1. The molecule has 0 saturated heterocycles. The average molecular weight is 277 g/mol. The third kappa shape index (κ3) is 3.74. The first-order valence-corrected chi connectivity index (χ1v) is 5.87. The SMILES string of the molecule is CC(C)(C)C(=O)C(=Cc1cccc([N+](=O)[O-])c1)C(=O)O. The number of nitrogens with zero attached hydrogens (tertiary/aromatic N) is 1. The monoisotopic (exact) mass is 277 g/mol. The molecule has 0 bridgehead atoms.